The van der Waals surface area contributed by atoms with Crippen molar-refractivity contribution in [3.63, 3.8) is 0 Å². The Balaban J connectivity index is 2.39. The molecule has 1 aromatic rings. The third kappa shape index (κ3) is 2.35. The fourth-order valence-electron chi connectivity index (χ4n) is 1.67. The summed E-state index contributed by atoms with van der Waals surface area (Å²) in [6, 6.07) is 7.20. The first-order chi connectivity index (χ1) is 8.43. The lowest BCUT2D eigenvalue weighted by Crippen LogP contribution is -2.60. The van der Waals surface area contributed by atoms with Gasteiger partial charge in [-0.2, -0.15) is 0 Å². The highest BCUT2D eigenvalue weighted by Crippen LogP contribution is 2.29. The van der Waals surface area contributed by atoms with Gasteiger partial charge in [0.25, 0.3) is 11.8 Å². The minimum absolute atomic E-state index is 0.167. The summed E-state index contributed by atoms with van der Waals surface area (Å²) in [7, 11) is 1.58. The number of alkyl halides is 2. The van der Waals surface area contributed by atoms with Gasteiger partial charge in [0.15, 0.2) is 0 Å². The fraction of sp³-hybridized carbons (Fsp3) is 0.273. The van der Waals surface area contributed by atoms with Crippen LogP contribution in [0.15, 0.2) is 28.7 Å². The highest BCUT2D eigenvalue weighted by atomic mass is 79.9. The van der Waals surface area contributed by atoms with Crippen molar-refractivity contribution in [2.75, 3.05) is 12.1 Å². The molecule has 0 spiro atoms. The SMILES string of the molecule is CN1C(=O)C(Br)C(Br)C(=O)N1c1ccc(Br)cc1. The average Bonchev–Trinajstić information content (AvgIpc) is 2.36. The van der Waals surface area contributed by atoms with Crippen molar-refractivity contribution >= 4 is 65.3 Å². The molecule has 2 atom stereocenters. The number of halogens is 3. The molecule has 0 bridgehead atoms. The van der Waals surface area contributed by atoms with Crippen molar-refractivity contribution in [2.24, 2.45) is 0 Å². The van der Waals surface area contributed by atoms with Crippen LogP contribution < -0.4 is 5.01 Å². The van der Waals surface area contributed by atoms with Gasteiger partial charge in [0.2, 0.25) is 0 Å². The van der Waals surface area contributed by atoms with Crippen LogP contribution >= 0.6 is 47.8 Å². The standard InChI is InChI=1S/C11H9Br3N2O2/c1-15-10(17)8(13)9(14)11(18)16(15)7-4-2-6(12)3-5-7/h2-5,8-9H,1H3. The van der Waals surface area contributed by atoms with Crippen LogP contribution in [0.2, 0.25) is 0 Å². The van der Waals surface area contributed by atoms with Gasteiger partial charge < -0.3 is 0 Å². The fourth-order valence-corrected chi connectivity index (χ4v) is 2.88. The summed E-state index contributed by atoms with van der Waals surface area (Å²) in [5, 5.41) is 2.69. The molecule has 7 heteroatoms. The van der Waals surface area contributed by atoms with E-state index in [0.29, 0.717) is 5.69 Å². The molecule has 18 heavy (non-hydrogen) atoms. The number of anilines is 1. The lowest BCUT2D eigenvalue weighted by atomic mass is 10.2. The molecule has 2 amide bonds. The van der Waals surface area contributed by atoms with Gasteiger partial charge in [-0.1, -0.05) is 47.8 Å². The first-order valence-electron chi connectivity index (χ1n) is 5.08. The molecule has 0 radical (unpaired) electrons. The molecule has 1 aliphatic rings. The summed E-state index contributed by atoms with van der Waals surface area (Å²) in [5.41, 5.74) is 0.655. The summed E-state index contributed by atoms with van der Waals surface area (Å²) in [6.45, 7) is 0. The van der Waals surface area contributed by atoms with Gasteiger partial charge in [-0.3, -0.25) is 9.59 Å². The molecule has 4 nitrogen and oxygen atoms in total. The number of carbonyl (C=O) groups is 2. The van der Waals surface area contributed by atoms with E-state index in [4.69, 9.17) is 0 Å². The zero-order valence-electron chi connectivity index (χ0n) is 9.31. The van der Waals surface area contributed by atoms with Gasteiger partial charge in [0, 0.05) is 11.5 Å². The van der Waals surface area contributed by atoms with Crippen molar-refractivity contribution in [3.8, 4) is 0 Å². The molecule has 1 aliphatic heterocycles. The van der Waals surface area contributed by atoms with Crippen LogP contribution in [0.25, 0.3) is 0 Å². The number of carbonyl (C=O) groups excluding carboxylic acids is 2. The predicted molar refractivity (Wildman–Crippen MR) is 79.8 cm³/mol. The van der Waals surface area contributed by atoms with Crippen LogP contribution in [-0.4, -0.2) is 33.5 Å². The van der Waals surface area contributed by atoms with E-state index < -0.39 is 9.65 Å². The first-order valence-corrected chi connectivity index (χ1v) is 7.71. The van der Waals surface area contributed by atoms with E-state index in [-0.39, 0.29) is 11.8 Å². The number of rotatable bonds is 1. The lowest BCUT2D eigenvalue weighted by Gasteiger charge is -2.39. The third-order valence-electron chi connectivity index (χ3n) is 2.63. The first kappa shape index (κ1) is 14.0. The van der Waals surface area contributed by atoms with Gasteiger partial charge in [-0.15, -0.1) is 0 Å². The number of benzene rings is 1. The van der Waals surface area contributed by atoms with Crippen LogP contribution in [0, 0.1) is 0 Å². The monoisotopic (exact) mass is 438 g/mol. The Morgan fingerprint density at radius 3 is 2.06 bits per heavy atom. The Morgan fingerprint density at radius 1 is 1.00 bits per heavy atom. The van der Waals surface area contributed by atoms with Gasteiger partial charge in [0.1, 0.15) is 9.65 Å². The summed E-state index contributed by atoms with van der Waals surface area (Å²) >= 11 is 9.79. The second-order valence-electron chi connectivity index (χ2n) is 3.79. The van der Waals surface area contributed by atoms with E-state index in [1.807, 2.05) is 12.1 Å². The number of amides is 2. The molecule has 1 heterocycles. The predicted octanol–water partition coefficient (Wildman–Crippen LogP) is 2.70. The van der Waals surface area contributed by atoms with E-state index in [1.165, 1.54) is 10.0 Å². The average molecular weight is 441 g/mol. The third-order valence-corrected chi connectivity index (χ3v) is 5.71. The smallest absolute Gasteiger partial charge is 0.261 e. The van der Waals surface area contributed by atoms with Gasteiger partial charge in [0.05, 0.1) is 5.69 Å². The summed E-state index contributed by atoms with van der Waals surface area (Å²) in [6.07, 6.45) is 0. The van der Waals surface area contributed by atoms with Crippen molar-refractivity contribution < 1.29 is 9.59 Å². The number of hydrazine groups is 1. The molecular formula is C11H9Br3N2O2. The topological polar surface area (TPSA) is 40.6 Å². The summed E-state index contributed by atoms with van der Waals surface area (Å²) < 4.78 is 0.915. The second kappa shape index (κ2) is 5.30. The Morgan fingerprint density at radius 2 is 1.50 bits per heavy atom. The molecule has 0 aliphatic carbocycles. The molecular weight excluding hydrogens is 432 g/mol. The van der Waals surface area contributed by atoms with Crippen LogP contribution in [0.1, 0.15) is 0 Å². The zero-order valence-corrected chi connectivity index (χ0v) is 14.1. The number of hydrogen-bond acceptors (Lipinski definition) is 2. The minimum atomic E-state index is -0.565. The molecule has 2 unspecified atom stereocenters. The normalized spacial score (nSPS) is 24.7. The van der Waals surface area contributed by atoms with Crippen LogP contribution in [0.4, 0.5) is 5.69 Å². The molecule has 0 N–H and O–H groups in total. The van der Waals surface area contributed by atoms with E-state index in [0.717, 1.165) is 4.47 Å². The lowest BCUT2D eigenvalue weighted by molar-refractivity contribution is -0.139. The molecule has 1 fully saturated rings. The zero-order chi connectivity index (χ0) is 13.4. The molecule has 96 valence electrons. The maximum atomic E-state index is 12.2. The largest absolute Gasteiger partial charge is 0.272 e. The molecule has 0 saturated carbocycles. The van der Waals surface area contributed by atoms with Crippen molar-refractivity contribution in [1.82, 2.24) is 5.01 Å². The second-order valence-corrected chi connectivity index (χ2v) is 6.68. The van der Waals surface area contributed by atoms with Crippen molar-refractivity contribution in [3.05, 3.63) is 28.7 Å². The minimum Gasteiger partial charge on any atom is -0.272 e. The summed E-state index contributed by atoms with van der Waals surface area (Å²) in [5.74, 6) is -0.347. The van der Waals surface area contributed by atoms with E-state index >= 15 is 0 Å². The van der Waals surface area contributed by atoms with Crippen molar-refractivity contribution in [1.29, 1.82) is 0 Å². The van der Waals surface area contributed by atoms with Crippen molar-refractivity contribution in [2.45, 2.75) is 9.65 Å². The summed E-state index contributed by atoms with van der Waals surface area (Å²) in [4.78, 5) is 23.1. The van der Waals surface area contributed by atoms with Gasteiger partial charge in [-0.25, -0.2) is 10.0 Å². The molecule has 1 saturated heterocycles. The molecule has 0 aromatic heterocycles. The Labute approximate surface area is 130 Å². The maximum Gasteiger partial charge on any atom is 0.261 e. The molecule has 2 rings (SSSR count). The Hall–Kier alpha value is -0.400. The van der Waals surface area contributed by atoms with E-state index in [2.05, 4.69) is 47.8 Å². The quantitative estimate of drug-likeness (QED) is 0.630. The van der Waals surface area contributed by atoms with Crippen LogP contribution in [0.5, 0.6) is 0 Å². The number of hydrogen-bond donors (Lipinski definition) is 0. The van der Waals surface area contributed by atoms with E-state index in [1.54, 1.807) is 19.2 Å². The Bertz CT molecular complexity index is 492. The van der Waals surface area contributed by atoms with Gasteiger partial charge >= 0.3 is 0 Å². The molecule has 1 aromatic carbocycles. The highest BCUT2D eigenvalue weighted by molar-refractivity contribution is 9.12. The highest BCUT2D eigenvalue weighted by Gasteiger charge is 2.43. The van der Waals surface area contributed by atoms with Crippen LogP contribution in [0.3, 0.4) is 0 Å². The maximum absolute atomic E-state index is 12.2. The Kier molecular flexibility index (Phi) is 4.13. The van der Waals surface area contributed by atoms with E-state index in [9.17, 15) is 9.59 Å². The number of nitrogens with zero attached hydrogens (tertiary/aromatic N) is 2. The van der Waals surface area contributed by atoms with Gasteiger partial charge in [-0.05, 0) is 24.3 Å². The van der Waals surface area contributed by atoms with Crippen LogP contribution in [-0.2, 0) is 9.59 Å².